The molecule has 0 radical (unpaired) electrons. The van der Waals surface area contributed by atoms with Crippen molar-refractivity contribution in [3.8, 4) is 0 Å². The van der Waals surface area contributed by atoms with Crippen LogP contribution in [0.25, 0.3) is 0 Å². The van der Waals surface area contributed by atoms with Gasteiger partial charge in [0, 0.05) is 13.0 Å². The van der Waals surface area contributed by atoms with E-state index in [1.807, 2.05) is 0 Å². The molecule has 5 heteroatoms. The van der Waals surface area contributed by atoms with Crippen molar-refractivity contribution in [2.45, 2.75) is 18.6 Å². The Hall–Kier alpha value is 0.130. The Balaban J connectivity index is 0.000000810. The lowest BCUT2D eigenvalue weighted by molar-refractivity contribution is -0.247. The number of nitrogens with zero attached hydrogens (tertiary/aromatic N) is 1. The molecule has 3 N–H and O–H groups in total. The minimum Gasteiger partial charge on any atom is -0.364 e. The van der Waals surface area contributed by atoms with Crippen molar-refractivity contribution in [1.29, 1.82) is 0 Å². The highest BCUT2D eigenvalue weighted by Crippen LogP contribution is 2.15. The number of β-amino-alcohol motifs (C(OH)–C–C–N with tert-alkyl or cyclic N) is 2. The van der Waals surface area contributed by atoms with Gasteiger partial charge in [0.25, 0.3) is 0 Å². The number of rotatable bonds is 0. The van der Waals surface area contributed by atoms with Gasteiger partial charge in [0.2, 0.25) is 0 Å². The third-order valence-corrected chi connectivity index (χ3v) is 1.43. The lowest BCUT2D eigenvalue weighted by Crippen LogP contribution is -2.46. The maximum Gasteiger partial charge on any atom is 0.177 e. The van der Waals surface area contributed by atoms with Gasteiger partial charge in [-0.05, 0) is 6.42 Å². The lowest BCUT2D eigenvalue weighted by Gasteiger charge is -2.31. The first-order chi connectivity index (χ1) is 4.10. The molecule has 4 nitrogen and oxygen atoms in total. The summed E-state index contributed by atoms with van der Waals surface area (Å²) in [6.07, 6.45) is 0.980. The molecule has 0 aromatic carbocycles. The molecule has 0 aromatic heterocycles. The molecule has 0 unspecified atom stereocenters. The van der Waals surface area contributed by atoms with Gasteiger partial charge in [-0.2, -0.15) is 5.06 Å². The minimum absolute atomic E-state index is 0. The topological polar surface area (TPSA) is 63.9 Å². The van der Waals surface area contributed by atoms with Gasteiger partial charge in [-0.25, -0.2) is 0 Å². The van der Waals surface area contributed by atoms with E-state index in [4.69, 9.17) is 15.4 Å². The summed E-state index contributed by atoms with van der Waals surface area (Å²) in [5.74, 6) is -1.67. The Bertz CT molecular complexity index is 109. The van der Waals surface area contributed by atoms with E-state index in [9.17, 15) is 0 Å². The van der Waals surface area contributed by atoms with Gasteiger partial charge in [-0.3, -0.25) is 0 Å². The number of piperidine rings is 1. The van der Waals surface area contributed by atoms with Crippen LogP contribution in [0.5, 0.6) is 0 Å². The number of hydroxylamine groups is 2. The largest absolute Gasteiger partial charge is 0.364 e. The predicted octanol–water partition coefficient (Wildman–Crippen LogP) is -0.426. The van der Waals surface area contributed by atoms with Crippen molar-refractivity contribution in [2.24, 2.45) is 0 Å². The summed E-state index contributed by atoms with van der Waals surface area (Å²) in [6, 6.07) is 0. The maximum absolute atomic E-state index is 8.90. The smallest absolute Gasteiger partial charge is 0.177 e. The molecule has 1 aliphatic heterocycles. The van der Waals surface area contributed by atoms with Gasteiger partial charge in [-0.15, -0.1) is 12.4 Å². The summed E-state index contributed by atoms with van der Waals surface area (Å²) in [5, 5.41) is 27.5. The Morgan fingerprint density at radius 3 is 2.20 bits per heavy atom. The molecule has 1 fully saturated rings. The zero-order valence-corrected chi connectivity index (χ0v) is 6.34. The fourth-order valence-corrected chi connectivity index (χ4v) is 0.995. The second-order valence-electron chi connectivity index (χ2n) is 2.47. The number of hydrogen-bond donors (Lipinski definition) is 3. The van der Waals surface area contributed by atoms with Crippen molar-refractivity contribution in [3.05, 3.63) is 0 Å². The highest BCUT2D eigenvalue weighted by molar-refractivity contribution is 5.85. The molecule has 0 spiro atoms. The highest BCUT2D eigenvalue weighted by atomic mass is 35.5. The summed E-state index contributed by atoms with van der Waals surface area (Å²) >= 11 is 0. The monoisotopic (exact) mass is 169 g/mol. The van der Waals surface area contributed by atoms with Crippen LogP contribution in [0.4, 0.5) is 0 Å². The van der Waals surface area contributed by atoms with Crippen LogP contribution in [0.3, 0.4) is 0 Å². The molecule has 0 aromatic rings. The third kappa shape index (κ3) is 2.81. The zero-order chi connectivity index (χ0) is 6.91. The van der Waals surface area contributed by atoms with E-state index in [0.717, 1.165) is 5.06 Å². The predicted molar refractivity (Wildman–Crippen MR) is 37.0 cm³/mol. The van der Waals surface area contributed by atoms with E-state index >= 15 is 0 Å². The Kier molecular flexibility index (Phi) is 3.55. The second-order valence-corrected chi connectivity index (χ2v) is 2.47. The van der Waals surface area contributed by atoms with Crippen LogP contribution >= 0.6 is 12.4 Å². The quantitative estimate of drug-likeness (QED) is 0.431. The second kappa shape index (κ2) is 3.50. The average molecular weight is 170 g/mol. The molecule has 0 saturated carbocycles. The summed E-state index contributed by atoms with van der Waals surface area (Å²) in [6.45, 7) is 0.468. The molecule has 1 saturated heterocycles. The van der Waals surface area contributed by atoms with Gasteiger partial charge < -0.3 is 15.4 Å². The van der Waals surface area contributed by atoms with Gasteiger partial charge in [0.1, 0.15) is 0 Å². The Morgan fingerprint density at radius 2 is 1.90 bits per heavy atom. The average Bonchev–Trinajstić information content (AvgIpc) is 1.60. The van der Waals surface area contributed by atoms with Gasteiger partial charge in [0.15, 0.2) is 5.79 Å². The standard InChI is InChI=1S/C5H11NO3.ClH/c7-5(8)2-1-3-6(9)4-5;/h7-9H,1-4H2;1H. The van der Waals surface area contributed by atoms with Crippen LogP contribution in [-0.2, 0) is 0 Å². The van der Waals surface area contributed by atoms with Crippen LogP contribution in [0.2, 0.25) is 0 Å². The lowest BCUT2D eigenvalue weighted by atomic mass is 10.1. The van der Waals surface area contributed by atoms with E-state index in [-0.39, 0.29) is 19.0 Å². The first kappa shape index (κ1) is 10.1. The number of aliphatic hydroxyl groups is 2. The first-order valence-corrected chi connectivity index (χ1v) is 2.99. The number of hydrogen-bond acceptors (Lipinski definition) is 4. The van der Waals surface area contributed by atoms with Crippen molar-refractivity contribution in [2.75, 3.05) is 13.1 Å². The molecule has 0 aliphatic carbocycles. The van der Waals surface area contributed by atoms with Crippen LogP contribution in [0.15, 0.2) is 0 Å². The molecule has 0 bridgehead atoms. The molecule has 0 amide bonds. The van der Waals surface area contributed by atoms with E-state index in [1.165, 1.54) is 0 Å². The van der Waals surface area contributed by atoms with Gasteiger partial charge in [0.05, 0.1) is 6.54 Å². The van der Waals surface area contributed by atoms with Crippen LogP contribution in [-0.4, -0.2) is 39.4 Å². The maximum atomic E-state index is 8.90. The normalized spacial score (nSPS) is 25.5. The SMILES string of the molecule is Cl.ON1CCCC(O)(O)C1. The van der Waals surface area contributed by atoms with E-state index in [1.54, 1.807) is 0 Å². The molecular weight excluding hydrogens is 158 g/mol. The molecule has 10 heavy (non-hydrogen) atoms. The molecule has 62 valence electrons. The minimum atomic E-state index is -1.67. The molecule has 0 atom stereocenters. The van der Waals surface area contributed by atoms with E-state index < -0.39 is 5.79 Å². The molecule has 1 rings (SSSR count). The van der Waals surface area contributed by atoms with Crippen molar-refractivity contribution in [1.82, 2.24) is 5.06 Å². The highest BCUT2D eigenvalue weighted by Gasteiger charge is 2.29. The van der Waals surface area contributed by atoms with Gasteiger partial charge in [-0.1, -0.05) is 0 Å². The fourth-order valence-electron chi connectivity index (χ4n) is 0.995. The van der Waals surface area contributed by atoms with Crippen LogP contribution in [0, 0.1) is 0 Å². The first-order valence-electron chi connectivity index (χ1n) is 2.99. The third-order valence-electron chi connectivity index (χ3n) is 1.43. The van der Waals surface area contributed by atoms with Crippen LogP contribution < -0.4 is 0 Å². The van der Waals surface area contributed by atoms with E-state index in [2.05, 4.69) is 0 Å². The Morgan fingerprint density at radius 1 is 1.30 bits per heavy atom. The van der Waals surface area contributed by atoms with Gasteiger partial charge >= 0.3 is 0 Å². The van der Waals surface area contributed by atoms with Crippen molar-refractivity contribution in [3.63, 3.8) is 0 Å². The fraction of sp³-hybridized carbons (Fsp3) is 1.00. The summed E-state index contributed by atoms with van der Waals surface area (Å²) in [4.78, 5) is 0. The summed E-state index contributed by atoms with van der Waals surface area (Å²) < 4.78 is 0. The van der Waals surface area contributed by atoms with Crippen molar-refractivity contribution >= 4 is 12.4 Å². The molecule has 1 heterocycles. The van der Waals surface area contributed by atoms with Crippen molar-refractivity contribution < 1.29 is 15.4 Å². The molecule has 1 aliphatic rings. The number of halogens is 1. The molecular formula is C5H12ClNO3. The zero-order valence-electron chi connectivity index (χ0n) is 5.53. The van der Waals surface area contributed by atoms with Crippen LogP contribution in [0.1, 0.15) is 12.8 Å². The summed E-state index contributed by atoms with van der Waals surface area (Å²) in [7, 11) is 0. The van der Waals surface area contributed by atoms with E-state index in [0.29, 0.717) is 19.4 Å². The summed E-state index contributed by atoms with van der Waals surface area (Å²) in [5.41, 5.74) is 0. The Labute approximate surface area is 65.4 Å².